The van der Waals surface area contributed by atoms with Crippen molar-refractivity contribution in [1.82, 2.24) is 10.2 Å². The topological polar surface area (TPSA) is 75.5 Å². The fraction of sp³-hybridized carbons (Fsp3) is 0.500. The van der Waals surface area contributed by atoms with E-state index < -0.39 is 4.92 Å². The van der Waals surface area contributed by atoms with Crippen molar-refractivity contribution in [2.45, 2.75) is 13.0 Å². The van der Waals surface area contributed by atoms with E-state index in [1.54, 1.807) is 10.3 Å². The molecule has 1 aromatic heterocycles. The number of nitro groups is 1. The Kier molecular flexibility index (Phi) is 5.06. The van der Waals surface area contributed by atoms with Crippen LogP contribution in [-0.2, 0) is 0 Å². The summed E-state index contributed by atoms with van der Waals surface area (Å²) in [5, 5.41) is 15.3. The number of halogens is 1. The van der Waals surface area contributed by atoms with E-state index in [1.807, 2.05) is 6.92 Å². The van der Waals surface area contributed by atoms with Gasteiger partial charge in [0.25, 0.3) is 5.91 Å². The molecule has 1 fully saturated rings. The zero-order chi connectivity index (χ0) is 12.4. The Hall–Kier alpha value is -1.18. The Balaban J connectivity index is 0.00000162. The molecule has 1 atom stereocenters. The van der Waals surface area contributed by atoms with E-state index in [1.165, 1.54) is 6.07 Å². The molecule has 0 aromatic carbocycles. The molecule has 0 radical (unpaired) electrons. The molecule has 100 valence electrons. The van der Waals surface area contributed by atoms with Crippen molar-refractivity contribution in [3.8, 4) is 0 Å². The van der Waals surface area contributed by atoms with Crippen molar-refractivity contribution < 1.29 is 9.72 Å². The average molecular weight is 292 g/mol. The van der Waals surface area contributed by atoms with Gasteiger partial charge in [-0.3, -0.25) is 14.9 Å². The van der Waals surface area contributed by atoms with Crippen molar-refractivity contribution in [2.24, 2.45) is 0 Å². The number of carbonyl (C=O) groups excluding carboxylic acids is 1. The molecule has 2 heterocycles. The van der Waals surface area contributed by atoms with Gasteiger partial charge in [-0.25, -0.2) is 0 Å². The summed E-state index contributed by atoms with van der Waals surface area (Å²) in [6, 6.07) is 1.47. The van der Waals surface area contributed by atoms with Gasteiger partial charge in [-0.2, -0.15) is 0 Å². The smallest absolute Gasteiger partial charge is 0.324 e. The van der Waals surface area contributed by atoms with E-state index in [4.69, 9.17) is 0 Å². The van der Waals surface area contributed by atoms with Gasteiger partial charge in [-0.15, -0.1) is 12.4 Å². The molecule has 0 bridgehead atoms. The van der Waals surface area contributed by atoms with Crippen molar-refractivity contribution in [3.05, 3.63) is 27.1 Å². The molecule has 1 aromatic rings. The second-order valence-electron chi connectivity index (χ2n) is 3.98. The molecule has 18 heavy (non-hydrogen) atoms. The van der Waals surface area contributed by atoms with Crippen LogP contribution in [0.3, 0.4) is 0 Å². The molecule has 0 spiro atoms. The van der Waals surface area contributed by atoms with Crippen LogP contribution in [0.15, 0.2) is 11.4 Å². The highest BCUT2D eigenvalue weighted by Gasteiger charge is 2.25. The standard InChI is InChI=1S/C10H13N3O3S.ClH/c1-7-5-11-2-3-12(7)10(14)8-4-9(13(15)16)17-6-8;/h4,6-7,11H,2-3,5H2,1H3;1H/t7-;/m1./s1. The lowest BCUT2D eigenvalue weighted by Crippen LogP contribution is -2.52. The van der Waals surface area contributed by atoms with E-state index in [-0.39, 0.29) is 29.4 Å². The summed E-state index contributed by atoms with van der Waals surface area (Å²) in [5.41, 5.74) is 0.412. The minimum Gasteiger partial charge on any atom is -0.333 e. The largest absolute Gasteiger partial charge is 0.333 e. The zero-order valence-electron chi connectivity index (χ0n) is 9.79. The third-order valence-electron chi connectivity index (χ3n) is 2.77. The van der Waals surface area contributed by atoms with Crippen molar-refractivity contribution in [1.29, 1.82) is 0 Å². The number of piperazine rings is 1. The minimum atomic E-state index is -0.470. The molecule has 1 N–H and O–H groups in total. The number of nitrogens with one attached hydrogen (secondary N) is 1. The molecular weight excluding hydrogens is 278 g/mol. The molecule has 0 unspecified atom stereocenters. The highest BCUT2D eigenvalue weighted by Crippen LogP contribution is 2.24. The van der Waals surface area contributed by atoms with Gasteiger partial charge in [0, 0.05) is 37.1 Å². The van der Waals surface area contributed by atoms with E-state index in [9.17, 15) is 14.9 Å². The lowest BCUT2D eigenvalue weighted by atomic mass is 10.2. The summed E-state index contributed by atoms with van der Waals surface area (Å²) in [6.45, 7) is 4.13. The van der Waals surface area contributed by atoms with E-state index >= 15 is 0 Å². The van der Waals surface area contributed by atoms with E-state index in [0.717, 1.165) is 24.4 Å². The van der Waals surface area contributed by atoms with Crippen LogP contribution in [0.5, 0.6) is 0 Å². The maximum absolute atomic E-state index is 12.1. The third kappa shape index (κ3) is 2.98. The van der Waals surface area contributed by atoms with Crippen LogP contribution in [-0.4, -0.2) is 41.4 Å². The SMILES string of the molecule is C[C@@H]1CNCCN1C(=O)c1csc([N+](=O)[O-])c1.Cl. The maximum Gasteiger partial charge on any atom is 0.324 e. The molecule has 8 heteroatoms. The van der Waals surface area contributed by atoms with Crippen LogP contribution in [0.1, 0.15) is 17.3 Å². The zero-order valence-corrected chi connectivity index (χ0v) is 11.4. The Morgan fingerprint density at radius 3 is 2.94 bits per heavy atom. The average Bonchev–Trinajstić information content (AvgIpc) is 2.78. The molecule has 0 aliphatic carbocycles. The number of thiophene rings is 1. The van der Waals surface area contributed by atoms with Crippen LogP contribution < -0.4 is 5.32 Å². The van der Waals surface area contributed by atoms with Crippen LogP contribution in [0.2, 0.25) is 0 Å². The Morgan fingerprint density at radius 1 is 1.67 bits per heavy atom. The highest BCUT2D eigenvalue weighted by molar-refractivity contribution is 7.13. The van der Waals surface area contributed by atoms with Gasteiger partial charge in [-0.05, 0) is 6.92 Å². The van der Waals surface area contributed by atoms with Crippen LogP contribution in [0.4, 0.5) is 5.00 Å². The Morgan fingerprint density at radius 2 is 2.39 bits per heavy atom. The number of carbonyl (C=O) groups is 1. The first-order valence-corrected chi connectivity index (χ1v) is 6.22. The second-order valence-corrected chi connectivity index (χ2v) is 4.87. The monoisotopic (exact) mass is 291 g/mol. The number of rotatable bonds is 2. The molecule has 1 amide bonds. The van der Waals surface area contributed by atoms with Gasteiger partial charge in [0.1, 0.15) is 0 Å². The predicted molar refractivity (Wildman–Crippen MR) is 71.6 cm³/mol. The molecular formula is C10H14ClN3O3S. The first-order chi connectivity index (χ1) is 8.09. The summed E-state index contributed by atoms with van der Waals surface area (Å²) in [6.07, 6.45) is 0. The van der Waals surface area contributed by atoms with Crippen molar-refractivity contribution >= 4 is 34.7 Å². The predicted octanol–water partition coefficient (Wildman–Crippen LogP) is 1.51. The quantitative estimate of drug-likeness (QED) is 0.662. The molecule has 1 aliphatic heterocycles. The summed E-state index contributed by atoms with van der Waals surface area (Å²) < 4.78 is 0. The summed E-state index contributed by atoms with van der Waals surface area (Å²) in [7, 11) is 0. The van der Waals surface area contributed by atoms with Gasteiger partial charge < -0.3 is 10.2 Å². The van der Waals surface area contributed by atoms with Gasteiger partial charge >= 0.3 is 5.00 Å². The Labute approximate surface area is 115 Å². The van der Waals surface area contributed by atoms with Gasteiger partial charge in [-0.1, -0.05) is 11.3 Å². The van der Waals surface area contributed by atoms with E-state index in [0.29, 0.717) is 12.1 Å². The van der Waals surface area contributed by atoms with Gasteiger partial charge in [0.2, 0.25) is 0 Å². The summed E-state index contributed by atoms with van der Waals surface area (Å²) in [4.78, 5) is 24.0. The van der Waals surface area contributed by atoms with E-state index in [2.05, 4.69) is 5.32 Å². The van der Waals surface area contributed by atoms with Gasteiger partial charge in [0.15, 0.2) is 0 Å². The Bertz CT molecular complexity index is 451. The third-order valence-corrected chi connectivity index (χ3v) is 3.65. The highest BCUT2D eigenvalue weighted by atomic mass is 35.5. The van der Waals surface area contributed by atoms with Crippen molar-refractivity contribution in [2.75, 3.05) is 19.6 Å². The van der Waals surface area contributed by atoms with Crippen LogP contribution in [0.25, 0.3) is 0 Å². The number of amides is 1. The molecule has 2 rings (SSSR count). The van der Waals surface area contributed by atoms with Crippen molar-refractivity contribution in [3.63, 3.8) is 0 Å². The number of nitrogens with zero attached hydrogens (tertiary/aromatic N) is 2. The molecule has 0 saturated carbocycles. The normalized spacial score (nSPS) is 19.2. The molecule has 6 nitrogen and oxygen atoms in total. The fourth-order valence-electron chi connectivity index (χ4n) is 1.84. The lowest BCUT2D eigenvalue weighted by molar-refractivity contribution is -0.380. The van der Waals surface area contributed by atoms with Crippen LogP contribution in [0, 0.1) is 10.1 Å². The van der Waals surface area contributed by atoms with Crippen LogP contribution >= 0.6 is 23.7 Å². The summed E-state index contributed by atoms with van der Waals surface area (Å²) >= 11 is 0.989. The minimum absolute atomic E-state index is 0. The number of hydrogen-bond acceptors (Lipinski definition) is 5. The fourth-order valence-corrected chi connectivity index (χ4v) is 2.54. The molecule has 1 aliphatic rings. The maximum atomic E-state index is 12.1. The summed E-state index contributed by atoms with van der Waals surface area (Å²) in [5.74, 6) is -0.122. The molecule has 1 saturated heterocycles. The van der Waals surface area contributed by atoms with Gasteiger partial charge in [0.05, 0.1) is 10.5 Å². The lowest BCUT2D eigenvalue weighted by Gasteiger charge is -2.33. The first-order valence-electron chi connectivity index (χ1n) is 5.34. The second kappa shape index (κ2) is 6.12. The first kappa shape index (κ1) is 14.9. The number of hydrogen-bond donors (Lipinski definition) is 1.